The molecular weight excluding hydrogens is 358 g/mol. The molecule has 0 bridgehead atoms. The van der Waals surface area contributed by atoms with Gasteiger partial charge in [-0.25, -0.2) is 9.97 Å². The Bertz CT molecular complexity index is 908. The summed E-state index contributed by atoms with van der Waals surface area (Å²) in [5.41, 5.74) is 1.10. The van der Waals surface area contributed by atoms with Crippen LogP contribution in [-0.4, -0.2) is 51.7 Å². The van der Waals surface area contributed by atoms with Crippen LogP contribution in [0, 0.1) is 17.2 Å². The molecule has 1 saturated carbocycles. The fraction of sp³-hybridized carbons (Fsp3) is 0.444. The monoisotopic (exact) mass is 379 g/mol. The van der Waals surface area contributed by atoms with Gasteiger partial charge < -0.3 is 21.3 Å². The van der Waals surface area contributed by atoms with Crippen LogP contribution in [0.1, 0.15) is 35.4 Å². The van der Waals surface area contributed by atoms with E-state index in [2.05, 4.69) is 41.4 Å². The number of aromatic nitrogens is 4. The van der Waals surface area contributed by atoms with E-state index >= 15 is 0 Å². The lowest BCUT2D eigenvalue weighted by Gasteiger charge is -2.49. The molecule has 2 aromatic rings. The lowest BCUT2D eigenvalue weighted by atomic mass is 9.70. The van der Waals surface area contributed by atoms with Gasteiger partial charge in [0.15, 0.2) is 17.2 Å². The zero-order valence-electron chi connectivity index (χ0n) is 15.4. The Kier molecular flexibility index (Phi) is 4.99. The summed E-state index contributed by atoms with van der Waals surface area (Å²) in [4.78, 5) is 20.3. The normalized spacial score (nSPS) is 22.9. The van der Waals surface area contributed by atoms with E-state index in [4.69, 9.17) is 5.26 Å². The Labute approximate surface area is 162 Å². The SMILES string of the molecule is CNC(=O)c1nnc(Nc2cnc(C#N)cn2)cc1NC1CC2CCCNC21. The highest BCUT2D eigenvalue weighted by molar-refractivity contribution is 5.97. The average molecular weight is 379 g/mol. The number of carbonyl (C=O) groups excluding carboxylic acids is 1. The summed E-state index contributed by atoms with van der Waals surface area (Å²) in [6.07, 6.45) is 6.35. The predicted molar refractivity (Wildman–Crippen MR) is 102 cm³/mol. The molecule has 10 heteroatoms. The molecule has 10 nitrogen and oxygen atoms in total. The van der Waals surface area contributed by atoms with Gasteiger partial charge in [0.25, 0.3) is 5.91 Å². The first-order valence-electron chi connectivity index (χ1n) is 9.27. The standard InChI is InChI=1S/C18H21N9O/c1-20-18(28)17-13(24-12-5-10-3-2-4-21-16(10)12)6-14(26-27-17)25-15-9-22-11(7-19)8-23-15/h6,8-10,12,16,21H,2-5H2,1H3,(H,20,28)(H2,23,24,25,26). The summed E-state index contributed by atoms with van der Waals surface area (Å²) in [6.45, 7) is 1.03. The van der Waals surface area contributed by atoms with E-state index < -0.39 is 0 Å². The van der Waals surface area contributed by atoms with Crippen LogP contribution in [0.3, 0.4) is 0 Å². The predicted octanol–water partition coefficient (Wildman–Crippen LogP) is 0.794. The van der Waals surface area contributed by atoms with Gasteiger partial charge in [-0.1, -0.05) is 0 Å². The molecule has 144 valence electrons. The summed E-state index contributed by atoms with van der Waals surface area (Å²) in [7, 11) is 1.56. The lowest BCUT2D eigenvalue weighted by Crippen LogP contribution is -2.61. The van der Waals surface area contributed by atoms with E-state index in [1.165, 1.54) is 25.2 Å². The van der Waals surface area contributed by atoms with E-state index in [1.807, 2.05) is 6.07 Å². The maximum atomic E-state index is 12.2. The molecule has 4 rings (SSSR count). The third-order valence-electron chi connectivity index (χ3n) is 5.23. The zero-order valence-corrected chi connectivity index (χ0v) is 15.4. The number of nitrogens with zero attached hydrogens (tertiary/aromatic N) is 5. The van der Waals surface area contributed by atoms with Crippen molar-refractivity contribution in [3.05, 3.63) is 29.8 Å². The van der Waals surface area contributed by atoms with E-state index in [-0.39, 0.29) is 23.3 Å². The van der Waals surface area contributed by atoms with Crippen molar-refractivity contribution in [3.8, 4) is 6.07 Å². The van der Waals surface area contributed by atoms with Gasteiger partial charge in [0, 0.05) is 25.2 Å². The zero-order chi connectivity index (χ0) is 19.5. The molecule has 0 spiro atoms. The minimum atomic E-state index is -0.299. The summed E-state index contributed by atoms with van der Waals surface area (Å²) in [5, 5.41) is 29.6. The second kappa shape index (κ2) is 7.74. The largest absolute Gasteiger partial charge is 0.379 e. The molecule has 1 amide bonds. The van der Waals surface area contributed by atoms with Crippen LogP contribution in [0.4, 0.5) is 17.3 Å². The number of anilines is 3. The van der Waals surface area contributed by atoms with Crippen LogP contribution >= 0.6 is 0 Å². The number of nitriles is 1. The van der Waals surface area contributed by atoms with Crippen molar-refractivity contribution in [1.82, 2.24) is 30.8 Å². The smallest absolute Gasteiger partial charge is 0.273 e. The summed E-state index contributed by atoms with van der Waals surface area (Å²) in [6, 6.07) is 4.33. The van der Waals surface area contributed by atoms with Crippen LogP contribution in [0.15, 0.2) is 18.5 Å². The maximum Gasteiger partial charge on any atom is 0.273 e. The number of hydrogen-bond acceptors (Lipinski definition) is 9. The number of hydrogen-bond donors (Lipinski definition) is 4. The van der Waals surface area contributed by atoms with Crippen molar-refractivity contribution in [2.45, 2.75) is 31.3 Å². The second-order valence-electron chi connectivity index (χ2n) is 6.96. The number of piperidine rings is 1. The fourth-order valence-corrected chi connectivity index (χ4v) is 3.77. The van der Waals surface area contributed by atoms with Gasteiger partial charge in [0.05, 0.1) is 18.1 Å². The first-order valence-corrected chi connectivity index (χ1v) is 9.27. The topological polar surface area (TPSA) is 141 Å². The Hall–Kier alpha value is -3.32. The van der Waals surface area contributed by atoms with Crippen LogP contribution in [0.25, 0.3) is 0 Å². The quantitative estimate of drug-likeness (QED) is 0.593. The van der Waals surface area contributed by atoms with E-state index in [9.17, 15) is 4.79 Å². The van der Waals surface area contributed by atoms with Gasteiger partial charge in [0.2, 0.25) is 0 Å². The van der Waals surface area contributed by atoms with Crippen LogP contribution in [-0.2, 0) is 0 Å². The molecule has 2 aliphatic rings. The number of nitrogens with one attached hydrogen (secondary N) is 4. The average Bonchev–Trinajstić information content (AvgIpc) is 2.72. The fourth-order valence-electron chi connectivity index (χ4n) is 3.77. The van der Waals surface area contributed by atoms with E-state index in [1.54, 1.807) is 13.1 Å². The lowest BCUT2D eigenvalue weighted by molar-refractivity contribution is 0.0957. The van der Waals surface area contributed by atoms with Gasteiger partial charge >= 0.3 is 0 Å². The Morgan fingerprint density at radius 1 is 1.29 bits per heavy atom. The number of amides is 1. The van der Waals surface area contributed by atoms with Crippen molar-refractivity contribution in [1.29, 1.82) is 5.26 Å². The first-order chi connectivity index (χ1) is 13.7. The van der Waals surface area contributed by atoms with Crippen molar-refractivity contribution in [2.24, 2.45) is 5.92 Å². The van der Waals surface area contributed by atoms with Gasteiger partial charge in [-0.3, -0.25) is 4.79 Å². The van der Waals surface area contributed by atoms with E-state index in [0.29, 0.717) is 29.3 Å². The molecule has 3 unspecified atom stereocenters. The second-order valence-corrected chi connectivity index (χ2v) is 6.96. The van der Waals surface area contributed by atoms with Crippen LogP contribution < -0.4 is 21.3 Å². The summed E-state index contributed by atoms with van der Waals surface area (Å²) in [5.74, 6) is 1.26. The highest BCUT2D eigenvalue weighted by Gasteiger charge is 2.42. The molecule has 4 N–H and O–H groups in total. The molecule has 28 heavy (non-hydrogen) atoms. The number of fused-ring (bicyclic) bond motifs is 1. The maximum absolute atomic E-state index is 12.2. The molecule has 3 heterocycles. The Morgan fingerprint density at radius 2 is 2.18 bits per heavy atom. The van der Waals surface area contributed by atoms with Gasteiger partial charge in [-0.15, -0.1) is 10.2 Å². The molecule has 1 saturated heterocycles. The number of carbonyl (C=O) groups is 1. The summed E-state index contributed by atoms with van der Waals surface area (Å²) < 4.78 is 0. The highest BCUT2D eigenvalue weighted by Crippen LogP contribution is 2.37. The molecule has 2 fully saturated rings. The third kappa shape index (κ3) is 3.57. The molecule has 3 atom stereocenters. The molecule has 0 aromatic carbocycles. The minimum absolute atomic E-state index is 0.230. The summed E-state index contributed by atoms with van der Waals surface area (Å²) >= 11 is 0. The van der Waals surface area contributed by atoms with Crippen LogP contribution in [0.5, 0.6) is 0 Å². The Morgan fingerprint density at radius 3 is 2.89 bits per heavy atom. The van der Waals surface area contributed by atoms with Crippen molar-refractivity contribution >= 4 is 23.2 Å². The van der Waals surface area contributed by atoms with Crippen molar-refractivity contribution < 1.29 is 4.79 Å². The van der Waals surface area contributed by atoms with Gasteiger partial charge in [0.1, 0.15) is 11.9 Å². The molecule has 1 aliphatic carbocycles. The molecular formula is C18H21N9O. The van der Waals surface area contributed by atoms with Crippen LogP contribution in [0.2, 0.25) is 0 Å². The molecule has 2 aromatic heterocycles. The highest BCUT2D eigenvalue weighted by atomic mass is 16.1. The van der Waals surface area contributed by atoms with Gasteiger partial charge in [-0.2, -0.15) is 5.26 Å². The first kappa shape index (κ1) is 18.1. The Balaban J connectivity index is 1.54. The van der Waals surface area contributed by atoms with Crippen molar-refractivity contribution in [2.75, 3.05) is 24.2 Å². The number of rotatable bonds is 5. The minimum Gasteiger partial charge on any atom is -0.379 e. The third-order valence-corrected chi connectivity index (χ3v) is 5.23. The van der Waals surface area contributed by atoms with E-state index in [0.717, 1.165) is 13.0 Å². The van der Waals surface area contributed by atoms with Gasteiger partial charge in [-0.05, 0) is 31.7 Å². The molecule has 0 radical (unpaired) electrons. The molecule has 1 aliphatic heterocycles. The van der Waals surface area contributed by atoms with Crippen molar-refractivity contribution in [3.63, 3.8) is 0 Å².